The lowest BCUT2D eigenvalue weighted by Crippen LogP contribution is -2.28. The Morgan fingerprint density at radius 1 is 1.17 bits per heavy atom. The van der Waals surface area contributed by atoms with Crippen molar-refractivity contribution in [2.24, 2.45) is 0 Å². The molecule has 0 spiro atoms. The van der Waals surface area contributed by atoms with Crippen molar-refractivity contribution in [2.45, 2.75) is 12.3 Å². The summed E-state index contributed by atoms with van der Waals surface area (Å²) in [4.78, 5) is 13.9. The molecule has 1 unspecified atom stereocenters. The van der Waals surface area contributed by atoms with Crippen LogP contribution in [0.15, 0.2) is 36.4 Å². The molecule has 3 rings (SSSR count). The maximum atomic E-state index is 13.5. The summed E-state index contributed by atoms with van der Waals surface area (Å²) in [6.07, 6.45) is 0. The monoisotopic (exact) mass is 335 g/mol. The molecule has 6 heteroatoms. The normalized spacial score (nSPS) is 17.7. The molecule has 1 heterocycles. The minimum atomic E-state index is -0.647. The highest BCUT2D eigenvalue weighted by atomic mass is 32.2. The molecule has 2 aromatic carbocycles. The van der Waals surface area contributed by atoms with E-state index < -0.39 is 17.0 Å². The van der Waals surface area contributed by atoms with E-state index in [-0.39, 0.29) is 11.7 Å². The van der Waals surface area contributed by atoms with Gasteiger partial charge < -0.3 is 4.74 Å². The van der Waals surface area contributed by atoms with Crippen molar-refractivity contribution in [1.29, 1.82) is 0 Å². The SMILES string of the molecule is COc1ccc(N2C(=O)CSC2c2cc(F)cc(F)c2)c(C)c1. The van der Waals surface area contributed by atoms with Crippen LogP contribution in [0.25, 0.3) is 0 Å². The minimum absolute atomic E-state index is 0.0852. The lowest BCUT2D eigenvalue weighted by molar-refractivity contribution is -0.115. The number of methoxy groups -OCH3 is 1. The summed E-state index contributed by atoms with van der Waals surface area (Å²) in [5, 5.41) is -0.445. The van der Waals surface area contributed by atoms with E-state index >= 15 is 0 Å². The number of hydrogen-bond acceptors (Lipinski definition) is 3. The zero-order valence-corrected chi connectivity index (χ0v) is 13.5. The number of anilines is 1. The van der Waals surface area contributed by atoms with Gasteiger partial charge in [-0.2, -0.15) is 0 Å². The number of halogens is 2. The predicted molar refractivity (Wildman–Crippen MR) is 86.8 cm³/mol. The maximum absolute atomic E-state index is 13.5. The number of rotatable bonds is 3. The van der Waals surface area contributed by atoms with Gasteiger partial charge in [0.05, 0.1) is 12.9 Å². The van der Waals surface area contributed by atoms with Gasteiger partial charge in [0.2, 0.25) is 5.91 Å². The van der Waals surface area contributed by atoms with Crippen LogP contribution in [0.1, 0.15) is 16.5 Å². The van der Waals surface area contributed by atoms with Gasteiger partial charge in [-0.15, -0.1) is 11.8 Å². The van der Waals surface area contributed by atoms with Gasteiger partial charge in [0.15, 0.2) is 0 Å². The number of benzene rings is 2. The average molecular weight is 335 g/mol. The van der Waals surface area contributed by atoms with Gasteiger partial charge in [-0.25, -0.2) is 8.78 Å². The number of thioether (sulfide) groups is 1. The number of ether oxygens (including phenoxy) is 1. The highest BCUT2D eigenvalue weighted by Gasteiger charge is 2.35. The van der Waals surface area contributed by atoms with E-state index in [1.54, 1.807) is 24.1 Å². The fourth-order valence-electron chi connectivity index (χ4n) is 2.67. The van der Waals surface area contributed by atoms with Crippen LogP contribution in [0.4, 0.5) is 14.5 Å². The molecule has 0 N–H and O–H groups in total. The highest BCUT2D eigenvalue weighted by Crippen LogP contribution is 2.43. The van der Waals surface area contributed by atoms with E-state index in [0.29, 0.717) is 11.3 Å². The van der Waals surface area contributed by atoms with Crippen LogP contribution in [0.3, 0.4) is 0 Å². The second kappa shape index (κ2) is 6.20. The molecular weight excluding hydrogens is 320 g/mol. The van der Waals surface area contributed by atoms with Gasteiger partial charge in [0.1, 0.15) is 22.8 Å². The molecule has 1 aliphatic rings. The Hall–Kier alpha value is -2.08. The smallest absolute Gasteiger partial charge is 0.238 e. The van der Waals surface area contributed by atoms with Crippen LogP contribution >= 0.6 is 11.8 Å². The van der Waals surface area contributed by atoms with Crippen molar-refractivity contribution in [2.75, 3.05) is 17.8 Å². The highest BCUT2D eigenvalue weighted by molar-refractivity contribution is 8.00. The Labute approximate surface area is 137 Å². The maximum Gasteiger partial charge on any atom is 0.238 e. The zero-order chi connectivity index (χ0) is 16.6. The molecular formula is C17H15F2NO2S. The first-order valence-electron chi connectivity index (χ1n) is 7.04. The molecule has 120 valence electrons. The van der Waals surface area contributed by atoms with Crippen LogP contribution < -0.4 is 9.64 Å². The fourth-order valence-corrected chi connectivity index (χ4v) is 3.82. The van der Waals surface area contributed by atoms with E-state index in [4.69, 9.17) is 4.74 Å². The first kappa shape index (κ1) is 15.8. The van der Waals surface area contributed by atoms with Gasteiger partial charge in [0, 0.05) is 11.8 Å². The molecule has 0 bridgehead atoms. The molecule has 0 aromatic heterocycles. The number of aryl methyl sites for hydroxylation is 1. The Kier molecular flexibility index (Phi) is 4.26. The Morgan fingerprint density at radius 3 is 2.48 bits per heavy atom. The Bertz CT molecular complexity index is 746. The third-order valence-corrected chi connectivity index (χ3v) is 4.91. The van der Waals surface area contributed by atoms with Crippen molar-refractivity contribution < 1.29 is 18.3 Å². The third-order valence-electron chi connectivity index (χ3n) is 3.70. The predicted octanol–water partition coefficient (Wildman–Crippen LogP) is 4.06. The molecule has 1 amide bonds. The zero-order valence-electron chi connectivity index (χ0n) is 12.7. The lowest BCUT2D eigenvalue weighted by atomic mass is 10.1. The molecule has 1 saturated heterocycles. The first-order valence-corrected chi connectivity index (χ1v) is 8.09. The summed E-state index contributed by atoms with van der Waals surface area (Å²) in [5.74, 6) is -0.414. The van der Waals surface area contributed by atoms with E-state index in [1.807, 2.05) is 13.0 Å². The minimum Gasteiger partial charge on any atom is -0.497 e. The Morgan fingerprint density at radius 2 is 1.87 bits per heavy atom. The van der Waals surface area contributed by atoms with E-state index in [0.717, 1.165) is 17.3 Å². The van der Waals surface area contributed by atoms with Crippen LogP contribution in [-0.2, 0) is 4.79 Å². The molecule has 23 heavy (non-hydrogen) atoms. The average Bonchev–Trinajstić information content (AvgIpc) is 2.88. The van der Waals surface area contributed by atoms with Gasteiger partial charge >= 0.3 is 0 Å². The number of amides is 1. The second-order valence-electron chi connectivity index (χ2n) is 5.28. The second-order valence-corrected chi connectivity index (χ2v) is 6.35. The van der Waals surface area contributed by atoms with E-state index in [9.17, 15) is 13.6 Å². The number of hydrogen-bond donors (Lipinski definition) is 0. The molecule has 3 nitrogen and oxygen atoms in total. The standard InChI is InChI=1S/C17H15F2NO2S/c1-10-5-14(22-2)3-4-15(10)20-16(21)9-23-17(20)11-6-12(18)8-13(19)7-11/h3-8,17H,9H2,1-2H3. The van der Waals surface area contributed by atoms with Gasteiger partial charge in [-0.1, -0.05) is 0 Å². The van der Waals surface area contributed by atoms with Crippen molar-refractivity contribution in [1.82, 2.24) is 0 Å². The third kappa shape index (κ3) is 3.03. The molecule has 0 radical (unpaired) electrons. The molecule has 1 atom stereocenters. The van der Waals surface area contributed by atoms with Crippen molar-refractivity contribution in [3.63, 3.8) is 0 Å². The Balaban J connectivity index is 2.03. The summed E-state index contributed by atoms with van der Waals surface area (Å²) in [6, 6.07) is 8.75. The van der Waals surface area contributed by atoms with Crippen LogP contribution in [0, 0.1) is 18.6 Å². The summed E-state index contributed by atoms with van der Waals surface area (Å²) in [5.41, 5.74) is 2.02. The van der Waals surface area contributed by atoms with Crippen LogP contribution in [0.5, 0.6) is 5.75 Å². The first-order chi connectivity index (χ1) is 11.0. The molecule has 1 aliphatic heterocycles. The van der Waals surface area contributed by atoms with Crippen LogP contribution in [-0.4, -0.2) is 18.8 Å². The number of nitrogens with zero attached hydrogens (tertiary/aromatic N) is 1. The van der Waals surface area contributed by atoms with E-state index in [2.05, 4.69) is 0 Å². The number of carbonyl (C=O) groups excluding carboxylic acids is 1. The van der Waals surface area contributed by atoms with Crippen molar-refractivity contribution in [3.8, 4) is 5.75 Å². The molecule has 0 aliphatic carbocycles. The fraction of sp³-hybridized carbons (Fsp3) is 0.235. The van der Waals surface area contributed by atoms with Gasteiger partial charge in [0.25, 0.3) is 0 Å². The lowest BCUT2D eigenvalue weighted by Gasteiger charge is -2.26. The molecule has 0 saturated carbocycles. The topological polar surface area (TPSA) is 29.5 Å². The van der Waals surface area contributed by atoms with Gasteiger partial charge in [-0.05, 0) is 48.4 Å². The molecule has 2 aromatic rings. The number of carbonyl (C=O) groups is 1. The summed E-state index contributed by atoms with van der Waals surface area (Å²) >= 11 is 1.35. The summed E-state index contributed by atoms with van der Waals surface area (Å²) in [6.45, 7) is 1.87. The van der Waals surface area contributed by atoms with E-state index in [1.165, 1.54) is 23.9 Å². The summed E-state index contributed by atoms with van der Waals surface area (Å²) < 4.78 is 32.2. The summed E-state index contributed by atoms with van der Waals surface area (Å²) in [7, 11) is 1.57. The van der Waals surface area contributed by atoms with Crippen molar-refractivity contribution >= 4 is 23.4 Å². The largest absolute Gasteiger partial charge is 0.497 e. The van der Waals surface area contributed by atoms with Gasteiger partial charge in [-0.3, -0.25) is 9.69 Å². The quantitative estimate of drug-likeness (QED) is 0.847. The van der Waals surface area contributed by atoms with Crippen LogP contribution in [0.2, 0.25) is 0 Å². The van der Waals surface area contributed by atoms with Crippen molar-refractivity contribution in [3.05, 3.63) is 59.2 Å². The molecule has 1 fully saturated rings.